The summed E-state index contributed by atoms with van der Waals surface area (Å²) in [5.74, 6) is -0.410. The van der Waals surface area contributed by atoms with Crippen molar-refractivity contribution in [2.24, 2.45) is 0 Å². The maximum absolute atomic E-state index is 12.1. The molecule has 0 heterocycles. The summed E-state index contributed by atoms with van der Waals surface area (Å²) in [7, 11) is -3.59. The van der Waals surface area contributed by atoms with Gasteiger partial charge in [-0.3, -0.25) is 13.9 Å². The molecule has 0 bridgehead atoms. The number of carbonyl (C=O) groups is 2. The van der Waals surface area contributed by atoms with Crippen LogP contribution in [0, 0.1) is 0 Å². The zero-order chi connectivity index (χ0) is 19.3. The lowest BCUT2D eigenvalue weighted by molar-refractivity contribution is -0.116. The number of ketones is 1. The number of hydrogen-bond donors (Lipinski definition) is 1. The van der Waals surface area contributed by atoms with Crippen LogP contribution in [-0.4, -0.2) is 32.9 Å². The highest BCUT2D eigenvalue weighted by molar-refractivity contribution is 7.92. The van der Waals surface area contributed by atoms with E-state index in [1.54, 1.807) is 48.5 Å². The Kier molecular flexibility index (Phi) is 6.39. The number of rotatable bonds is 7. The molecule has 6 nitrogen and oxygen atoms in total. The molecule has 138 valence electrons. The first-order valence-electron chi connectivity index (χ1n) is 7.81. The summed E-state index contributed by atoms with van der Waals surface area (Å²) in [6.45, 7) is 1.42. The Bertz CT molecular complexity index is 911. The second-order valence-electron chi connectivity index (χ2n) is 5.72. The van der Waals surface area contributed by atoms with Crippen molar-refractivity contribution in [3.63, 3.8) is 0 Å². The third-order valence-corrected chi connectivity index (χ3v) is 5.14. The molecule has 1 amide bonds. The van der Waals surface area contributed by atoms with Crippen molar-refractivity contribution in [1.29, 1.82) is 0 Å². The van der Waals surface area contributed by atoms with Gasteiger partial charge in [0.2, 0.25) is 15.9 Å². The number of hydrogen-bond acceptors (Lipinski definition) is 4. The van der Waals surface area contributed by atoms with E-state index in [1.807, 2.05) is 0 Å². The molecular weight excluding hydrogens is 376 g/mol. The van der Waals surface area contributed by atoms with Crippen LogP contribution in [0.4, 0.5) is 11.4 Å². The summed E-state index contributed by atoms with van der Waals surface area (Å²) in [6, 6.07) is 13.0. The first-order chi connectivity index (χ1) is 12.2. The van der Waals surface area contributed by atoms with Crippen LogP contribution in [-0.2, 0) is 14.8 Å². The number of anilines is 2. The van der Waals surface area contributed by atoms with Crippen molar-refractivity contribution in [2.75, 3.05) is 22.4 Å². The third-order valence-electron chi connectivity index (χ3n) is 3.64. The molecule has 0 saturated heterocycles. The first-order valence-corrected chi connectivity index (χ1v) is 10.0. The van der Waals surface area contributed by atoms with Crippen molar-refractivity contribution in [1.82, 2.24) is 0 Å². The number of nitrogens with zero attached hydrogens (tertiary/aromatic N) is 1. The lowest BCUT2D eigenvalue weighted by atomic mass is 10.1. The number of sulfonamides is 1. The van der Waals surface area contributed by atoms with E-state index in [0.717, 1.165) is 10.6 Å². The van der Waals surface area contributed by atoms with Gasteiger partial charge in [-0.05, 0) is 43.3 Å². The summed E-state index contributed by atoms with van der Waals surface area (Å²) in [5.41, 5.74) is 1.41. The van der Waals surface area contributed by atoms with E-state index >= 15 is 0 Å². The lowest BCUT2D eigenvalue weighted by Crippen LogP contribution is -2.33. The Labute approximate surface area is 157 Å². The van der Waals surface area contributed by atoms with E-state index < -0.39 is 10.0 Å². The van der Waals surface area contributed by atoms with Crippen LogP contribution in [0.15, 0.2) is 48.5 Å². The molecule has 2 aromatic carbocycles. The van der Waals surface area contributed by atoms with Gasteiger partial charge in [0.15, 0.2) is 5.78 Å². The number of para-hydroxylation sites is 1. The van der Waals surface area contributed by atoms with Gasteiger partial charge in [0.25, 0.3) is 0 Å². The summed E-state index contributed by atoms with van der Waals surface area (Å²) in [6.07, 6.45) is 1.02. The van der Waals surface area contributed by atoms with E-state index in [0.29, 0.717) is 16.9 Å². The van der Waals surface area contributed by atoms with Gasteiger partial charge in [0.1, 0.15) is 0 Å². The molecule has 0 aliphatic heterocycles. The van der Waals surface area contributed by atoms with E-state index in [-0.39, 0.29) is 29.7 Å². The minimum absolute atomic E-state index is 0.0417. The smallest absolute Gasteiger partial charge is 0.232 e. The zero-order valence-electron chi connectivity index (χ0n) is 14.4. The van der Waals surface area contributed by atoms with E-state index in [1.165, 1.54) is 6.92 Å². The van der Waals surface area contributed by atoms with Gasteiger partial charge in [-0.25, -0.2) is 8.42 Å². The molecule has 0 aliphatic rings. The Morgan fingerprint density at radius 2 is 1.69 bits per heavy atom. The molecule has 2 rings (SSSR count). The van der Waals surface area contributed by atoms with Crippen LogP contribution < -0.4 is 9.62 Å². The van der Waals surface area contributed by atoms with Crippen molar-refractivity contribution in [3.8, 4) is 0 Å². The number of halogens is 1. The van der Waals surface area contributed by atoms with Gasteiger partial charge in [0.05, 0.1) is 17.0 Å². The maximum Gasteiger partial charge on any atom is 0.232 e. The van der Waals surface area contributed by atoms with Crippen molar-refractivity contribution < 1.29 is 18.0 Å². The summed E-state index contributed by atoms with van der Waals surface area (Å²) >= 11 is 6.08. The molecule has 0 spiro atoms. The Balaban J connectivity index is 2.05. The highest BCUT2D eigenvalue weighted by atomic mass is 35.5. The van der Waals surface area contributed by atoms with E-state index in [9.17, 15) is 18.0 Å². The fourth-order valence-electron chi connectivity index (χ4n) is 2.33. The monoisotopic (exact) mass is 394 g/mol. The van der Waals surface area contributed by atoms with Crippen LogP contribution in [0.25, 0.3) is 0 Å². The Hall–Kier alpha value is -2.38. The molecular formula is C18H19ClN2O4S. The SMILES string of the molecule is CC(=O)c1ccc(NC(=O)CCN(c2ccccc2Cl)S(C)(=O)=O)cc1. The highest BCUT2D eigenvalue weighted by Gasteiger charge is 2.20. The lowest BCUT2D eigenvalue weighted by Gasteiger charge is -2.23. The van der Waals surface area contributed by atoms with Crippen molar-refractivity contribution in [2.45, 2.75) is 13.3 Å². The largest absolute Gasteiger partial charge is 0.326 e. The molecule has 26 heavy (non-hydrogen) atoms. The fourth-order valence-corrected chi connectivity index (χ4v) is 3.56. The van der Waals surface area contributed by atoms with Crippen LogP contribution in [0.1, 0.15) is 23.7 Å². The minimum atomic E-state index is -3.59. The highest BCUT2D eigenvalue weighted by Crippen LogP contribution is 2.27. The topological polar surface area (TPSA) is 83.6 Å². The van der Waals surface area contributed by atoms with Crippen molar-refractivity contribution >= 4 is 44.7 Å². The predicted octanol–water partition coefficient (Wildman–Crippen LogP) is 3.34. The number of benzene rings is 2. The molecule has 0 atom stereocenters. The molecule has 1 N–H and O–H groups in total. The van der Waals surface area contributed by atoms with E-state index in [2.05, 4.69) is 5.32 Å². The maximum atomic E-state index is 12.1. The van der Waals surface area contributed by atoms with Gasteiger partial charge >= 0.3 is 0 Å². The number of amides is 1. The second-order valence-corrected chi connectivity index (χ2v) is 8.03. The van der Waals surface area contributed by atoms with Gasteiger partial charge in [0, 0.05) is 24.2 Å². The zero-order valence-corrected chi connectivity index (χ0v) is 16.0. The fraction of sp³-hybridized carbons (Fsp3) is 0.222. The predicted molar refractivity (Wildman–Crippen MR) is 103 cm³/mol. The molecule has 0 aromatic heterocycles. The average Bonchev–Trinajstić information content (AvgIpc) is 2.56. The van der Waals surface area contributed by atoms with Crippen molar-refractivity contribution in [3.05, 3.63) is 59.1 Å². The van der Waals surface area contributed by atoms with Gasteiger partial charge in [-0.2, -0.15) is 0 Å². The summed E-state index contributed by atoms with van der Waals surface area (Å²) in [5, 5.41) is 2.97. The Morgan fingerprint density at radius 1 is 1.08 bits per heavy atom. The summed E-state index contributed by atoms with van der Waals surface area (Å²) in [4.78, 5) is 23.4. The quantitative estimate of drug-likeness (QED) is 0.730. The first kappa shape index (κ1) is 19.9. The van der Waals surface area contributed by atoms with Crippen LogP contribution >= 0.6 is 11.6 Å². The number of carbonyl (C=O) groups excluding carboxylic acids is 2. The van der Waals surface area contributed by atoms with Crippen LogP contribution in [0.3, 0.4) is 0 Å². The number of Topliss-reactive ketones (excluding diaryl/α,β-unsaturated/α-hetero) is 1. The molecule has 0 aliphatic carbocycles. The molecule has 0 fully saturated rings. The Morgan fingerprint density at radius 3 is 2.23 bits per heavy atom. The third kappa shape index (κ3) is 5.31. The van der Waals surface area contributed by atoms with Gasteiger partial charge in [-0.1, -0.05) is 23.7 Å². The van der Waals surface area contributed by atoms with Gasteiger partial charge < -0.3 is 5.32 Å². The summed E-state index contributed by atoms with van der Waals surface area (Å²) < 4.78 is 25.2. The molecule has 0 radical (unpaired) electrons. The average molecular weight is 395 g/mol. The number of nitrogens with one attached hydrogen (secondary N) is 1. The minimum Gasteiger partial charge on any atom is -0.326 e. The molecule has 2 aromatic rings. The van der Waals surface area contributed by atoms with Crippen LogP contribution in [0.2, 0.25) is 5.02 Å². The van der Waals surface area contributed by atoms with Gasteiger partial charge in [-0.15, -0.1) is 0 Å². The standard InChI is InChI=1S/C18H19ClN2O4S/c1-13(22)14-7-9-15(10-8-14)20-18(23)11-12-21(26(2,24)25)17-6-4-3-5-16(17)19/h3-10H,11-12H2,1-2H3,(H,20,23). The van der Waals surface area contributed by atoms with Crippen LogP contribution in [0.5, 0.6) is 0 Å². The molecule has 0 unspecified atom stereocenters. The molecule has 0 saturated carbocycles. The molecule has 8 heteroatoms. The van der Waals surface area contributed by atoms with E-state index in [4.69, 9.17) is 11.6 Å². The second kappa shape index (κ2) is 8.33. The normalized spacial score (nSPS) is 11.0.